The number of amides is 2. The van der Waals surface area contributed by atoms with E-state index >= 15 is 0 Å². The molecule has 0 saturated carbocycles. The molecule has 0 spiro atoms. The molecule has 0 fully saturated rings. The lowest BCUT2D eigenvalue weighted by Crippen LogP contribution is -2.22. The minimum Gasteiger partial charge on any atom is -0.462 e. The van der Waals surface area contributed by atoms with Gasteiger partial charge in [0.25, 0.3) is 5.91 Å². The number of para-hydroxylation sites is 1. The zero-order chi connectivity index (χ0) is 23.3. The SMILES string of the molecule is CCCCOC(=O)c1ccc(NC(=O)COC(=O)CCC(=O)Nc2ccccc2C)cc1. The molecule has 2 N–H and O–H groups in total. The number of ether oxygens (including phenoxy) is 2. The van der Waals surface area contributed by atoms with Gasteiger partial charge < -0.3 is 20.1 Å². The van der Waals surface area contributed by atoms with E-state index in [1.165, 1.54) is 0 Å². The van der Waals surface area contributed by atoms with E-state index < -0.39 is 24.5 Å². The van der Waals surface area contributed by atoms with Gasteiger partial charge in [-0.1, -0.05) is 31.5 Å². The third-order valence-electron chi connectivity index (χ3n) is 4.47. The molecule has 8 heteroatoms. The van der Waals surface area contributed by atoms with Gasteiger partial charge in [-0.2, -0.15) is 0 Å². The van der Waals surface area contributed by atoms with Crippen LogP contribution < -0.4 is 10.6 Å². The Morgan fingerprint density at radius 2 is 1.56 bits per heavy atom. The van der Waals surface area contributed by atoms with Crippen molar-refractivity contribution in [3.05, 3.63) is 59.7 Å². The zero-order valence-electron chi connectivity index (χ0n) is 18.3. The molecule has 2 aromatic rings. The fraction of sp³-hybridized carbons (Fsp3) is 0.333. The molecular formula is C24H28N2O6. The number of hydrogen-bond acceptors (Lipinski definition) is 6. The molecule has 32 heavy (non-hydrogen) atoms. The molecule has 0 aromatic heterocycles. The van der Waals surface area contributed by atoms with Crippen LogP contribution in [0, 0.1) is 6.92 Å². The number of nitrogens with one attached hydrogen (secondary N) is 2. The summed E-state index contributed by atoms with van der Waals surface area (Å²) >= 11 is 0. The predicted octanol–water partition coefficient (Wildman–Crippen LogP) is 3.85. The molecule has 2 rings (SSSR count). The predicted molar refractivity (Wildman–Crippen MR) is 120 cm³/mol. The number of unbranched alkanes of at least 4 members (excludes halogenated alkanes) is 1. The lowest BCUT2D eigenvalue weighted by Gasteiger charge is -2.09. The lowest BCUT2D eigenvalue weighted by molar-refractivity contribution is -0.147. The van der Waals surface area contributed by atoms with Gasteiger partial charge in [0, 0.05) is 17.8 Å². The van der Waals surface area contributed by atoms with Gasteiger partial charge in [0.15, 0.2) is 6.61 Å². The molecule has 0 radical (unpaired) electrons. The Balaban J connectivity index is 1.68. The molecule has 8 nitrogen and oxygen atoms in total. The minimum absolute atomic E-state index is 0.0510. The van der Waals surface area contributed by atoms with E-state index in [2.05, 4.69) is 10.6 Å². The maximum atomic E-state index is 12.0. The largest absolute Gasteiger partial charge is 0.462 e. The van der Waals surface area contributed by atoms with Crippen LogP contribution in [0.4, 0.5) is 11.4 Å². The Morgan fingerprint density at radius 3 is 2.25 bits per heavy atom. The van der Waals surface area contributed by atoms with Crippen molar-refractivity contribution in [2.75, 3.05) is 23.8 Å². The van der Waals surface area contributed by atoms with Crippen molar-refractivity contribution in [2.24, 2.45) is 0 Å². The molecule has 0 saturated heterocycles. The van der Waals surface area contributed by atoms with Gasteiger partial charge in [0.1, 0.15) is 0 Å². The summed E-state index contributed by atoms with van der Waals surface area (Å²) in [5.74, 6) is -1.91. The highest BCUT2D eigenvalue weighted by Crippen LogP contribution is 2.14. The molecule has 2 amide bonds. The van der Waals surface area contributed by atoms with Crippen LogP contribution in [0.3, 0.4) is 0 Å². The number of esters is 2. The Bertz CT molecular complexity index is 940. The number of aryl methyl sites for hydroxylation is 1. The average molecular weight is 440 g/mol. The van der Waals surface area contributed by atoms with Crippen LogP contribution in [0.5, 0.6) is 0 Å². The minimum atomic E-state index is -0.648. The number of rotatable bonds is 11. The van der Waals surface area contributed by atoms with Crippen molar-refractivity contribution in [1.29, 1.82) is 0 Å². The molecule has 170 valence electrons. The summed E-state index contributed by atoms with van der Waals surface area (Å²) in [5.41, 5.74) is 2.44. The third-order valence-corrected chi connectivity index (χ3v) is 4.47. The van der Waals surface area contributed by atoms with Gasteiger partial charge in [0.2, 0.25) is 5.91 Å². The first-order chi connectivity index (χ1) is 15.4. The summed E-state index contributed by atoms with van der Waals surface area (Å²) in [6.45, 7) is 3.77. The molecule has 0 heterocycles. The van der Waals surface area contributed by atoms with Crippen molar-refractivity contribution < 1.29 is 28.7 Å². The molecule has 0 unspecified atom stereocenters. The van der Waals surface area contributed by atoms with Crippen molar-refractivity contribution in [3.63, 3.8) is 0 Å². The van der Waals surface area contributed by atoms with Gasteiger partial charge in [-0.25, -0.2) is 4.79 Å². The Kier molecular flexibility index (Phi) is 9.90. The molecule has 0 aliphatic heterocycles. The number of hydrogen-bond donors (Lipinski definition) is 2. The number of carbonyl (C=O) groups excluding carboxylic acids is 4. The van der Waals surface area contributed by atoms with E-state index in [1.54, 1.807) is 30.3 Å². The van der Waals surface area contributed by atoms with Crippen LogP contribution in [0.2, 0.25) is 0 Å². The van der Waals surface area contributed by atoms with E-state index in [4.69, 9.17) is 9.47 Å². The van der Waals surface area contributed by atoms with Crippen LogP contribution >= 0.6 is 0 Å². The second-order valence-corrected chi connectivity index (χ2v) is 7.14. The van der Waals surface area contributed by atoms with Crippen molar-refractivity contribution in [3.8, 4) is 0 Å². The summed E-state index contributed by atoms with van der Waals surface area (Å²) in [6.07, 6.45) is 1.55. The van der Waals surface area contributed by atoms with Gasteiger partial charge >= 0.3 is 11.9 Å². The second kappa shape index (κ2) is 12.9. The van der Waals surface area contributed by atoms with Gasteiger partial charge in [-0.05, 0) is 49.2 Å². The van der Waals surface area contributed by atoms with Crippen molar-refractivity contribution in [1.82, 2.24) is 0 Å². The number of carbonyl (C=O) groups is 4. The Hall–Kier alpha value is -3.68. The average Bonchev–Trinajstić information content (AvgIpc) is 2.78. The first kappa shape index (κ1) is 24.6. The normalized spacial score (nSPS) is 10.2. The monoisotopic (exact) mass is 440 g/mol. The zero-order valence-corrected chi connectivity index (χ0v) is 18.3. The highest BCUT2D eigenvalue weighted by atomic mass is 16.5. The van der Waals surface area contributed by atoms with Gasteiger partial charge in [-0.3, -0.25) is 14.4 Å². The highest BCUT2D eigenvalue weighted by Gasteiger charge is 2.12. The highest BCUT2D eigenvalue weighted by molar-refractivity contribution is 5.95. The third kappa shape index (κ3) is 8.59. The quantitative estimate of drug-likeness (QED) is 0.406. The summed E-state index contributed by atoms with van der Waals surface area (Å²) in [5, 5.41) is 5.30. The fourth-order valence-electron chi connectivity index (χ4n) is 2.64. The molecule has 0 bridgehead atoms. The summed E-state index contributed by atoms with van der Waals surface area (Å²) in [4.78, 5) is 47.6. The van der Waals surface area contributed by atoms with Crippen LogP contribution in [0.1, 0.15) is 48.5 Å². The Morgan fingerprint density at radius 1 is 0.844 bits per heavy atom. The first-order valence-corrected chi connectivity index (χ1v) is 10.5. The molecular weight excluding hydrogens is 412 g/mol. The van der Waals surface area contributed by atoms with Crippen LogP contribution in [-0.2, 0) is 23.9 Å². The van der Waals surface area contributed by atoms with Gasteiger partial charge in [-0.15, -0.1) is 0 Å². The maximum Gasteiger partial charge on any atom is 0.338 e. The number of benzene rings is 2. The molecule has 0 atom stereocenters. The van der Waals surface area contributed by atoms with E-state index in [-0.39, 0.29) is 18.7 Å². The standard InChI is InChI=1S/C24H28N2O6/c1-3-4-15-31-24(30)18-9-11-19(12-10-18)25-22(28)16-32-23(29)14-13-21(27)26-20-8-6-5-7-17(20)2/h5-12H,3-4,13-16H2,1-2H3,(H,25,28)(H,26,27). The second-order valence-electron chi connectivity index (χ2n) is 7.14. The molecule has 0 aliphatic carbocycles. The van der Waals surface area contributed by atoms with Crippen LogP contribution in [0.25, 0.3) is 0 Å². The maximum absolute atomic E-state index is 12.0. The fourth-order valence-corrected chi connectivity index (χ4v) is 2.64. The van der Waals surface area contributed by atoms with Gasteiger partial charge in [0.05, 0.1) is 18.6 Å². The summed E-state index contributed by atoms with van der Waals surface area (Å²) in [6, 6.07) is 13.5. The van der Waals surface area contributed by atoms with E-state index in [1.807, 2.05) is 32.0 Å². The smallest absolute Gasteiger partial charge is 0.338 e. The van der Waals surface area contributed by atoms with Crippen LogP contribution in [0.15, 0.2) is 48.5 Å². The van der Waals surface area contributed by atoms with Crippen molar-refractivity contribution >= 4 is 35.1 Å². The molecule has 0 aliphatic rings. The van der Waals surface area contributed by atoms with E-state index in [0.717, 1.165) is 18.4 Å². The summed E-state index contributed by atoms with van der Waals surface area (Å²) < 4.78 is 10.0. The first-order valence-electron chi connectivity index (χ1n) is 10.5. The number of anilines is 2. The lowest BCUT2D eigenvalue weighted by atomic mass is 10.2. The van der Waals surface area contributed by atoms with E-state index in [0.29, 0.717) is 23.5 Å². The van der Waals surface area contributed by atoms with E-state index in [9.17, 15) is 19.2 Å². The topological polar surface area (TPSA) is 111 Å². The summed E-state index contributed by atoms with van der Waals surface area (Å²) in [7, 11) is 0. The Labute approximate surface area is 187 Å². The van der Waals surface area contributed by atoms with Crippen molar-refractivity contribution in [2.45, 2.75) is 39.5 Å². The molecule has 2 aromatic carbocycles. The van der Waals surface area contributed by atoms with Crippen LogP contribution in [-0.4, -0.2) is 37.0 Å².